The van der Waals surface area contributed by atoms with E-state index in [2.05, 4.69) is 15.6 Å². The highest BCUT2D eigenvalue weighted by Crippen LogP contribution is 2.21. The molecule has 1 aromatic carbocycles. The third-order valence-electron chi connectivity index (χ3n) is 2.53. The van der Waals surface area contributed by atoms with Crippen molar-refractivity contribution in [3.63, 3.8) is 0 Å². The lowest BCUT2D eigenvalue weighted by Crippen LogP contribution is -2.39. The van der Waals surface area contributed by atoms with Gasteiger partial charge in [0.15, 0.2) is 5.96 Å². The van der Waals surface area contributed by atoms with Gasteiger partial charge in [-0.05, 0) is 24.6 Å². The topological polar surface area (TPSA) is 70.6 Å². The van der Waals surface area contributed by atoms with Gasteiger partial charge in [0.25, 0.3) is 0 Å². The van der Waals surface area contributed by atoms with Gasteiger partial charge in [0, 0.05) is 29.4 Å². The first-order valence-electron chi connectivity index (χ1n) is 6.45. The Labute approximate surface area is 158 Å². The molecule has 0 atom stereocenters. The zero-order chi connectivity index (χ0) is 15.9. The van der Waals surface area contributed by atoms with Crippen LogP contribution in [0.3, 0.4) is 0 Å². The molecule has 0 amide bonds. The number of aliphatic imine (C=N–C) groups is 1. The molecule has 9 heteroatoms. The van der Waals surface area contributed by atoms with Crippen LogP contribution in [-0.4, -0.2) is 39.5 Å². The van der Waals surface area contributed by atoms with Crippen LogP contribution in [0.1, 0.15) is 12.5 Å². The first-order valence-corrected chi connectivity index (χ1v) is 9.27. The summed E-state index contributed by atoms with van der Waals surface area (Å²) >= 11 is 11.9. The standard InChI is InChI=1S/C13H19Cl2N3O2S.HI/c1-3-16-13(17-6-7-21(2,19)20)18-9-10-4-5-11(14)8-12(10)15;/h4-5,8H,3,6-7,9H2,1-2H3,(H2,16,17,18);1H. The quantitative estimate of drug-likeness (QED) is 0.374. The molecule has 0 saturated carbocycles. The van der Waals surface area contributed by atoms with E-state index in [0.717, 1.165) is 5.56 Å². The van der Waals surface area contributed by atoms with E-state index in [9.17, 15) is 8.42 Å². The molecule has 0 aliphatic heterocycles. The number of hydrogen-bond acceptors (Lipinski definition) is 3. The Hall–Kier alpha value is -0.250. The summed E-state index contributed by atoms with van der Waals surface area (Å²) in [6.07, 6.45) is 1.20. The van der Waals surface area contributed by atoms with Gasteiger partial charge in [0.1, 0.15) is 9.84 Å². The van der Waals surface area contributed by atoms with Gasteiger partial charge in [-0.2, -0.15) is 0 Å². The second-order valence-electron chi connectivity index (χ2n) is 4.49. The van der Waals surface area contributed by atoms with Crippen LogP contribution in [0.2, 0.25) is 10.0 Å². The minimum Gasteiger partial charge on any atom is -0.357 e. The Morgan fingerprint density at radius 3 is 2.50 bits per heavy atom. The predicted molar refractivity (Wildman–Crippen MR) is 104 cm³/mol. The van der Waals surface area contributed by atoms with Crippen molar-refractivity contribution >= 4 is 63.0 Å². The van der Waals surface area contributed by atoms with Crippen molar-refractivity contribution in [3.05, 3.63) is 33.8 Å². The van der Waals surface area contributed by atoms with E-state index >= 15 is 0 Å². The van der Waals surface area contributed by atoms with Crippen LogP contribution in [-0.2, 0) is 16.4 Å². The second kappa shape index (κ2) is 10.5. The number of guanidine groups is 1. The minimum absolute atomic E-state index is 0. The van der Waals surface area contributed by atoms with Crippen LogP contribution in [0, 0.1) is 0 Å². The molecule has 126 valence electrons. The molecule has 0 bridgehead atoms. The maximum atomic E-state index is 11.1. The molecule has 0 aromatic heterocycles. The summed E-state index contributed by atoms with van der Waals surface area (Å²) in [7, 11) is -2.99. The summed E-state index contributed by atoms with van der Waals surface area (Å²) in [5, 5.41) is 7.14. The molecule has 5 nitrogen and oxygen atoms in total. The van der Waals surface area contributed by atoms with Crippen LogP contribution in [0.5, 0.6) is 0 Å². The lowest BCUT2D eigenvalue weighted by Gasteiger charge is -2.11. The van der Waals surface area contributed by atoms with Crippen LogP contribution < -0.4 is 10.6 Å². The molecule has 0 heterocycles. The van der Waals surface area contributed by atoms with Crippen molar-refractivity contribution < 1.29 is 8.42 Å². The van der Waals surface area contributed by atoms with E-state index in [1.165, 1.54) is 6.26 Å². The van der Waals surface area contributed by atoms with Crippen molar-refractivity contribution in [2.45, 2.75) is 13.5 Å². The molecule has 0 fully saturated rings. The summed E-state index contributed by atoms with van der Waals surface area (Å²) in [4.78, 5) is 4.37. The summed E-state index contributed by atoms with van der Waals surface area (Å²) in [6, 6.07) is 5.23. The van der Waals surface area contributed by atoms with Gasteiger partial charge >= 0.3 is 0 Å². The first kappa shape index (κ1) is 21.8. The van der Waals surface area contributed by atoms with Crippen LogP contribution in [0.25, 0.3) is 0 Å². The van der Waals surface area contributed by atoms with Gasteiger partial charge < -0.3 is 10.6 Å². The molecule has 1 aromatic rings. The van der Waals surface area contributed by atoms with E-state index in [1.54, 1.807) is 12.1 Å². The maximum absolute atomic E-state index is 11.1. The molecule has 0 spiro atoms. The van der Waals surface area contributed by atoms with Crippen LogP contribution in [0.4, 0.5) is 0 Å². The zero-order valence-electron chi connectivity index (χ0n) is 12.4. The van der Waals surface area contributed by atoms with E-state index in [0.29, 0.717) is 35.6 Å². The van der Waals surface area contributed by atoms with Gasteiger partial charge in [0.05, 0.1) is 12.3 Å². The molecule has 1 rings (SSSR count). The lowest BCUT2D eigenvalue weighted by molar-refractivity contribution is 0.600. The lowest BCUT2D eigenvalue weighted by atomic mass is 10.2. The van der Waals surface area contributed by atoms with Crippen molar-refractivity contribution in [1.82, 2.24) is 10.6 Å². The Morgan fingerprint density at radius 1 is 1.27 bits per heavy atom. The molecule has 0 aliphatic rings. The SMILES string of the molecule is CCNC(=NCc1ccc(Cl)cc1Cl)NCCS(C)(=O)=O.I. The highest BCUT2D eigenvalue weighted by Gasteiger charge is 2.04. The van der Waals surface area contributed by atoms with E-state index in [-0.39, 0.29) is 29.7 Å². The highest BCUT2D eigenvalue weighted by atomic mass is 127. The van der Waals surface area contributed by atoms with Gasteiger partial charge in [-0.1, -0.05) is 29.3 Å². The number of benzene rings is 1. The Kier molecular flexibility index (Phi) is 10.4. The van der Waals surface area contributed by atoms with Crippen molar-refractivity contribution in [1.29, 1.82) is 0 Å². The zero-order valence-corrected chi connectivity index (χ0v) is 17.1. The fourth-order valence-electron chi connectivity index (χ4n) is 1.51. The molecule has 0 saturated heterocycles. The maximum Gasteiger partial charge on any atom is 0.191 e. The molecule has 2 N–H and O–H groups in total. The van der Waals surface area contributed by atoms with Crippen LogP contribution >= 0.6 is 47.2 Å². The molecular formula is C13H20Cl2IN3O2S. The number of nitrogens with one attached hydrogen (secondary N) is 2. The van der Waals surface area contributed by atoms with E-state index in [4.69, 9.17) is 23.2 Å². The summed E-state index contributed by atoms with van der Waals surface area (Å²) < 4.78 is 22.2. The Morgan fingerprint density at radius 2 is 1.95 bits per heavy atom. The molecule has 0 aliphatic carbocycles. The highest BCUT2D eigenvalue weighted by molar-refractivity contribution is 14.0. The van der Waals surface area contributed by atoms with Crippen LogP contribution in [0.15, 0.2) is 23.2 Å². The largest absolute Gasteiger partial charge is 0.357 e. The third-order valence-corrected chi connectivity index (χ3v) is 4.06. The first-order chi connectivity index (χ1) is 9.81. The average Bonchev–Trinajstić information content (AvgIpc) is 2.36. The van der Waals surface area contributed by atoms with Crippen molar-refractivity contribution in [2.24, 2.45) is 4.99 Å². The van der Waals surface area contributed by atoms with Gasteiger partial charge in [-0.25, -0.2) is 13.4 Å². The molecular weight excluding hydrogens is 460 g/mol. The van der Waals surface area contributed by atoms with Gasteiger partial charge in [0.2, 0.25) is 0 Å². The third kappa shape index (κ3) is 9.02. The monoisotopic (exact) mass is 479 g/mol. The molecule has 0 unspecified atom stereocenters. The fourth-order valence-corrected chi connectivity index (χ4v) is 2.45. The average molecular weight is 480 g/mol. The summed E-state index contributed by atoms with van der Waals surface area (Å²) in [6.45, 7) is 3.30. The van der Waals surface area contributed by atoms with Gasteiger partial charge in [-0.15, -0.1) is 24.0 Å². The Balaban J connectivity index is 0.00000441. The number of nitrogens with zero attached hydrogens (tertiary/aromatic N) is 1. The summed E-state index contributed by atoms with van der Waals surface area (Å²) in [5.41, 5.74) is 0.849. The van der Waals surface area contributed by atoms with E-state index < -0.39 is 9.84 Å². The van der Waals surface area contributed by atoms with Crippen molar-refractivity contribution in [2.75, 3.05) is 25.1 Å². The molecule has 22 heavy (non-hydrogen) atoms. The number of hydrogen-bond donors (Lipinski definition) is 2. The number of sulfone groups is 1. The predicted octanol–water partition coefficient (Wildman–Crippen LogP) is 2.71. The van der Waals surface area contributed by atoms with E-state index in [1.807, 2.05) is 13.0 Å². The fraction of sp³-hybridized carbons (Fsp3) is 0.462. The Bertz CT molecular complexity index is 609. The number of rotatable bonds is 6. The number of halogens is 3. The van der Waals surface area contributed by atoms with Crippen molar-refractivity contribution in [3.8, 4) is 0 Å². The molecule has 0 radical (unpaired) electrons. The minimum atomic E-state index is -2.99. The summed E-state index contributed by atoms with van der Waals surface area (Å²) in [5.74, 6) is 0.603. The normalized spacial score (nSPS) is 11.7. The second-order valence-corrected chi connectivity index (χ2v) is 7.59. The van der Waals surface area contributed by atoms with Gasteiger partial charge in [-0.3, -0.25) is 0 Å². The smallest absolute Gasteiger partial charge is 0.191 e.